The summed E-state index contributed by atoms with van der Waals surface area (Å²) in [5.74, 6) is 0. The lowest BCUT2D eigenvalue weighted by atomic mass is 9.84. The van der Waals surface area contributed by atoms with Crippen LogP contribution in [0.1, 0.15) is 52.0 Å². The van der Waals surface area contributed by atoms with E-state index in [1.165, 1.54) is 37.8 Å². The topological polar surface area (TPSA) is 28.2 Å². The smallest absolute Gasteiger partial charge is 0.0271 e. The fourth-order valence-electron chi connectivity index (χ4n) is 3.07. The van der Waals surface area contributed by atoms with E-state index in [1.807, 2.05) is 12.4 Å². The van der Waals surface area contributed by atoms with Crippen molar-refractivity contribution >= 4 is 0 Å². The van der Waals surface area contributed by atoms with Gasteiger partial charge in [-0.2, -0.15) is 0 Å². The third-order valence-electron chi connectivity index (χ3n) is 4.46. The third-order valence-corrected chi connectivity index (χ3v) is 4.46. The van der Waals surface area contributed by atoms with Gasteiger partial charge in [-0.05, 0) is 48.9 Å². The van der Waals surface area contributed by atoms with E-state index in [-0.39, 0.29) is 0 Å². The molecular weight excluding hydrogens is 258 g/mol. The maximum atomic E-state index is 4.11. The fraction of sp³-hybridized carbons (Fsp3) is 0.722. The highest BCUT2D eigenvalue weighted by Crippen LogP contribution is 2.27. The van der Waals surface area contributed by atoms with Gasteiger partial charge in [-0.3, -0.25) is 9.88 Å². The van der Waals surface area contributed by atoms with E-state index in [4.69, 9.17) is 0 Å². The van der Waals surface area contributed by atoms with Crippen LogP contribution in [-0.2, 0) is 6.54 Å². The summed E-state index contributed by atoms with van der Waals surface area (Å²) in [6.45, 7) is 11.5. The molecular formula is C18H31N3. The minimum atomic E-state index is 0.375. The molecule has 2 rings (SSSR count). The van der Waals surface area contributed by atoms with Crippen molar-refractivity contribution in [3.8, 4) is 0 Å². The van der Waals surface area contributed by atoms with Crippen LogP contribution in [0.4, 0.5) is 0 Å². The first-order valence-corrected chi connectivity index (χ1v) is 8.50. The van der Waals surface area contributed by atoms with E-state index in [1.54, 1.807) is 0 Å². The van der Waals surface area contributed by atoms with Crippen molar-refractivity contribution in [3.63, 3.8) is 0 Å². The molecule has 0 bridgehead atoms. The Bertz CT molecular complexity index is 402. The highest BCUT2D eigenvalue weighted by molar-refractivity contribution is 5.09. The predicted molar refractivity (Wildman–Crippen MR) is 89.2 cm³/mol. The molecule has 1 fully saturated rings. The lowest BCUT2D eigenvalue weighted by Gasteiger charge is -2.35. The van der Waals surface area contributed by atoms with Gasteiger partial charge in [0.05, 0.1) is 0 Å². The van der Waals surface area contributed by atoms with Gasteiger partial charge in [0.2, 0.25) is 0 Å². The molecule has 3 heteroatoms. The van der Waals surface area contributed by atoms with Crippen molar-refractivity contribution in [2.24, 2.45) is 5.41 Å². The quantitative estimate of drug-likeness (QED) is 0.715. The largest absolute Gasteiger partial charge is 0.313 e. The molecule has 0 amide bonds. The second-order valence-corrected chi connectivity index (χ2v) is 6.87. The molecule has 1 N–H and O–H groups in total. The first-order valence-electron chi connectivity index (χ1n) is 8.50. The number of nitrogens with one attached hydrogen (secondary N) is 1. The van der Waals surface area contributed by atoms with Crippen LogP contribution in [0.25, 0.3) is 0 Å². The monoisotopic (exact) mass is 289 g/mol. The van der Waals surface area contributed by atoms with E-state index in [0.717, 1.165) is 25.7 Å². The average molecular weight is 289 g/mol. The van der Waals surface area contributed by atoms with Gasteiger partial charge in [-0.25, -0.2) is 0 Å². The highest BCUT2D eigenvalue weighted by atomic mass is 15.1. The Morgan fingerprint density at radius 3 is 2.57 bits per heavy atom. The number of rotatable bonds is 10. The molecule has 1 aromatic rings. The summed E-state index contributed by atoms with van der Waals surface area (Å²) in [6.07, 6.45) is 9.08. The zero-order valence-electron chi connectivity index (χ0n) is 13.9. The summed E-state index contributed by atoms with van der Waals surface area (Å²) < 4.78 is 0. The number of nitrogens with zero attached hydrogens (tertiary/aromatic N) is 2. The fourth-order valence-corrected chi connectivity index (χ4v) is 3.07. The summed E-state index contributed by atoms with van der Waals surface area (Å²) in [4.78, 5) is 6.68. The minimum Gasteiger partial charge on any atom is -0.313 e. The Morgan fingerprint density at radius 1 is 1.29 bits per heavy atom. The molecule has 0 spiro atoms. The van der Waals surface area contributed by atoms with Crippen molar-refractivity contribution in [2.75, 3.05) is 19.6 Å². The summed E-state index contributed by atoms with van der Waals surface area (Å²) in [5, 5.41) is 3.74. The van der Waals surface area contributed by atoms with Gasteiger partial charge >= 0.3 is 0 Å². The molecule has 1 heterocycles. The molecule has 21 heavy (non-hydrogen) atoms. The first kappa shape index (κ1) is 16.4. The lowest BCUT2D eigenvalue weighted by Crippen LogP contribution is -2.42. The molecule has 1 aliphatic carbocycles. The van der Waals surface area contributed by atoms with Gasteiger partial charge in [0.25, 0.3) is 0 Å². The first-order chi connectivity index (χ1) is 10.1. The molecule has 1 aliphatic rings. The second-order valence-electron chi connectivity index (χ2n) is 6.87. The van der Waals surface area contributed by atoms with Crippen molar-refractivity contribution in [3.05, 3.63) is 30.1 Å². The molecule has 1 saturated carbocycles. The number of aromatic nitrogens is 1. The summed E-state index contributed by atoms with van der Waals surface area (Å²) in [7, 11) is 0. The van der Waals surface area contributed by atoms with Crippen LogP contribution < -0.4 is 5.32 Å². The Balaban J connectivity index is 1.91. The van der Waals surface area contributed by atoms with Crippen LogP contribution in [0, 0.1) is 5.41 Å². The summed E-state index contributed by atoms with van der Waals surface area (Å²) >= 11 is 0. The molecule has 118 valence electrons. The molecule has 0 aromatic carbocycles. The Hall–Kier alpha value is -0.930. The predicted octanol–water partition coefficient (Wildman–Crippen LogP) is 3.46. The molecule has 1 unspecified atom stereocenters. The van der Waals surface area contributed by atoms with Crippen LogP contribution in [0.5, 0.6) is 0 Å². The SMILES string of the molecule is CCCC(C)(CNC1CC1)CN(CC)Cc1ccncc1. The summed E-state index contributed by atoms with van der Waals surface area (Å²) in [6, 6.07) is 5.06. The maximum absolute atomic E-state index is 4.11. The highest BCUT2D eigenvalue weighted by Gasteiger charge is 2.29. The summed E-state index contributed by atoms with van der Waals surface area (Å²) in [5.41, 5.74) is 1.74. The van der Waals surface area contributed by atoms with Crippen LogP contribution in [0.15, 0.2) is 24.5 Å². The Morgan fingerprint density at radius 2 is 2.00 bits per heavy atom. The van der Waals surface area contributed by atoms with Gasteiger partial charge in [0.1, 0.15) is 0 Å². The van der Waals surface area contributed by atoms with Gasteiger partial charge < -0.3 is 5.32 Å². The number of hydrogen-bond donors (Lipinski definition) is 1. The number of pyridine rings is 1. The second kappa shape index (κ2) is 7.90. The molecule has 0 radical (unpaired) electrons. The van der Waals surface area contributed by atoms with Crippen molar-refractivity contribution < 1.29 is 0 Å². The lowest BCUT2D eigenvalue weighted by molar-refractivity contribution is 0.148. The van der Waals surface area contributed by atoms with Crippen molar-refractivity contribution in [2.45, 2.75) is 59.0 Å². The zero-order chi connectivity index (χ0) is 15.1. The third kappa shape index (κ3) is 5.76. The van der Waals surface area contributed by atoms with E-state index in [2.05, 4.69) is 48.1 Å². The molecule has 0 saturated heterocycles. The van der Waals surface area contributed by atoms with Gasteiger partial charge in [0.15, 0.2) is 0 Å². The zero-order valence-corrected chi connectivity index (χ0v) is 13.9. The van der Waals surface area contributed by atoms with E-state index >= 15 is 0 Å². The Labute approximate surface area is 130 Å². The molecule has 1 aromatic heterocycles. The maximum Gasteiger partial charge on any atom is 0.0271 e. The van der Waals surface area contributed by atoms with E-state index in [0.29, 0.717) is 5.41 Å². The van der Waals surface area contributed by atoms with Crippen molar-refractivity contribution in [1.29, 1.82) is 0 Å². The van der Waals surface area contributed by atoms with Crippen LogP contribution in [0.2, 0.25) is 0 Å². The number of hydrogen-bond acceptors (Lipinski definition) is 3. The molecule has 3 nitrogen and oxygen atoms in total. The van der Waals surface area contributed by atoms with Crippen molar-refractivity contribution in [1.82, 2.24) is 15.2 Å². The van der Waals surface area contributed by atoms with Gasteiger partial charge in [0, 0.05) is 38.1 Å². The van der Waals surface area contributed by atoms with Crippen LogP contribution in [0.3, 0.4) is 0 Å². The standard InChI is InChI=1S/C18H31N3/c1-4-10-18(3,14-20-17-6-7-17)15-21(5-2)13-16-8-11-19-12-9-16/h8-9,11-12,17,20H,4-7,10,13-15H2,1-3H3. The molecule has 1 atom stereocenters. The van der Waals surface area contributed by atoms with Gasteiger partial charge in [-0.15, -0.1) is 0 Å². The van der Waals surface area contributed by atoms with Crippen LogP contribution in [-0.4, -0.2) is 35.6 Å². The average Bonchev–Trinajstić information content (AvgIpc) is 3.30. The van der Waals surface area contributed by atoms with E-state index < -0.39 is 0 Å². The Kier molecular flexibility index (Phi) is 6.19. The van der Waals surface area contributed by atoms with E-state index in [9.17, 15) is 0 Å². The van der Waals surface area contributed by atoms with Gasteiger partial charge in [-0.1, -0.05) is 27.2 Å². The minimum absolute atomic E-state index is 0.375. The normalized spacial score (nSPS) is 17.9. The molecule has 0 aliphatic heterocycles. The van der Waals surface area contributed by atoms with Crippen LogP contribution >= 0.6 is 0 Å².